The Balaban J connectivity index is 2.50. The van der Waals surface area contributed by atoms with Crippen LogP contribution in [-0.4, -0.2) is 16.3 Å². The van der Waals surface area contributed by atoms with Crippen LogP contribution in [0.2, 0.25) is 5.02 Å². The van der Waals surface area contributed by atoms with Gasteiger partial charge >= 0.3 is 0 Å². The number of nitrogens with zero attached hydrogens (tertiary/aromatic N) is 2. The van der Waals surface area contributed by atoms with E-state index < -0.39 is 0 Å². The molecule has 0 bridgehead atoms. The first-order valence-corrected chi connectivity index (χ1v) is 8.15. The lowest BCUT2D eigenvalue weighted by atomic mass is 10.0. The number of aromatic nitrogens is 2. The summed E-state index contributed by atoms with van der Waals surface area (Å²) in [5, 5.41) is 8.21. The van der Waals surface area contributed by atoms with Gasteiger partial charge in [0.2, 0.25) is 0 Å². The standard InChI is InChI=1S/C15H18BrClFN3/c1-3-7-21-15(12(16)9-20-21)14(19-4-2)11-6-5-10(18)8-13(11)17/h5-6,8-9,14,19H,3-4,7H2,1-2H3. The molecule has 114 valence electrons. The Hall–Kier alpha value is -0.910. The summed E-state index contributed by atoms with van der Waals surface area (Å²) in [4.78, 5) is 0. The molecule has 1 aromatic heterocycles. The van der Waals surface area contributed by atoms with E-state index >= 15 is 0 Å². The van der Waals surface area contributed by atoms with Crippen LogP contribution >= 0.6 is 27.5 Å². The van der Waals surface area contributed by atoms with Gasteiger partial charge in [-0.1, -0.05) is 31.5 Å². The van der Waals surface area contributed by atoms with E-state index in [0.29, 0.717) is 5.02 Å². The van der Waals surface area contributed by atoms with Crippen LogP contribution in [0.25, 0.3) is 0 Å². The van der Waals surface area contributed by atoms with E-state index in [1.807, 2.05) is 11.6 Å². The minimum Gasteiger partial charge on any atom is -0.305 e. The molecule has 2 rings (SSSR count). The largest absolute Gasteiger partial charge is 0.305 e. The maximum Gasteiger partial charge on any atom is 0.124 e. The van der Waals surface area contributed by atoms with E-state index in [1.54, 1.807) is 12.3 Å². The first-order valence-electron chi connectivity index (χ1n) is 6.98. The highest BCUT2D eigenvalue weighted by molar-refractivity contribution is 9.10. The predicted octanol–water partition coefficient (Wildman–Crippen LogP) is 4.55. The maximum atomic E-state index is 13.3. The van der Waals surface area contributed by atoms with Crippen molar-refractivity contribution in [3.8, 4) is 0 Å². The second-order valence-corrected chi connectivity index (χ2v) is 6.02. The molecule has 0 radical (unpaired) electrons. The smallest absolute Gasteiger partial charge is 0.124 e. The summed E-state index contributed by atoms with van der Waals surface area (Å²) in [6.07, 6.45) is 2.77. The van der Waals surface area contributed by atoms with Gasteiger partial charge in [0.25, 0.3) is 0 Å². The van der Waals surface area contributed by atoms with Crippen molar-refractivity contribution in [2.45, 2.75) is 32.9 Å². The Morgan fingerprint density at radius 2 is 2.19 bits per heavy atom. The van der Waals surface area contributed by atoms with Gasteiger partial charge in [-0.05, 0) is 46.6 Å². The predicted molar refractivity (Wildman–Crippen MR) is 87.1 cm³/mol. The van der Waals surface area contributed by atoms with Crippen molar-refractivity contribution in [3.63, 3.8) is 0 Å². The van der Waals surface area contributed by atoms with Crippen molar-refractivity contribution in [3.05, 3.63) is 51.0 Å². The van der Waals surface area contributed by atoms with Crippen molar-refractivity contribution in [2.75, 3.05) is 6.54 Å². The molecule has 1 aromatic carbocycles. The molecule has 0 saturated carbocycles. The van der Waals surface area contributed by atoms with Gasteiger partial charge in [0.05, 0.1) is 22.4 Å². The summed E-state index contributed by atoms with van der Waals surface area (Å²) in [5.74, 6) is -0.333. The average molecular weight is 375 g/mol. The van der Waals surface area contributed by atoms with E-state index in [1.165, 1.54) is 12.1 Å². The number of hydrogen-bond acceptors (Lipinski definition) is 2. The van der Waals surface area contributed by atoms with Crippen LogP contribution in [0, 0.1) is 5.82 Å². The fourth-order valence-corrected chi connectivity index (χ4v) is 3.14. The van der Waals surface area contributed by atoms with Crippen molar-refractivity contribution < 1.29 is 4.39 Å². The number of aryl methyl sites for hydroxylation is 1. The lowest BCUT2D eigenvalue weighted by molar-refractivity contribution is 0.518. The zero-order valence-corrected chi connectivity index (χ0v) is 14.4. The average Bonchev–Trinajstić information content (AvgIpc) is 2.79. The number of hydrogen-bond donors (Lipinski definition) is 1. The zero-order chi connectivity index (χ0) is 15.4. The Kier molecular flexibility index (Phi) is 5.79. The summed E-state index contributed by atoms with van der Waals surface area (Å²) in [7, 11) is 0. The van der Waals surface area contributed by atoms with Crippen LogP contribution in [0.1, 0.15) is 37.6 Å². The highest BCUT2D eigenvalue weighted by atomic mass is 79.9. The van der Waals surface area contributed by atoms with Crippen LogP contribution in [0.5, 0.6) is 0 Å². The molecule has 2 aromatic rings. The SMILES string of the molecule is CCCn1ncc(Br)c1C(NCC)c1ccc(F)cc1Cl. The van der Waals surface area contributed by atoms with Gasteiger partial charge < -0.3 is 5.32 Å². The fourth-order valence-electron chi connectivity index (χ4n) is 2.34. The normalized spacial score (nSPS) is 12.6. The second-order valence-electron chi connectivity index (χ2n) is 4.76. The molecule has 1 atom stereocenters. The highest BCUT2D eigenvalue weighted by Gasteiger charge is 2.23. The van der Waals surface area contributed by atoms with Crippen molar-refractivity contribution in [2.24, 2.45) is 0 Å². The third-order valence-corrected chi connectivity index (χ3v) is 4.16. The van der Waals surface area contributed by atoms with Crippen LogP contribution in [-0.2, 0) is 6.54 Å². The highest BCUT2D eigenvalue weighted by Crippen LogP contribution is 2.33. The summed E-state index contributed by atoms with van der Waals surface area (Å²) in [6, 6.07) is 4.36. The third-order valence-electron chi connectivity index (χ3n) is 3.22. The van der Waals surface area contributed by atoms with Crippen LogP contribution in [0.4, 0.5) is 4.39 Å². The van der Waals surface area contributed by atoms with Crippen molar-refractivity contribution in [1.29, 1.82) is 0 Å². The number of nitrogens with one attached hydrogen (secondary N) is 1. The molecule has 1 N–H and O–H groups in total. The Bertz CT molecular complexity index is 615. The molecule has 0 amide bonds. The molecule has 6 heteroatoms. The van der Waals surface area contributed by atoms with Gasteiger partial charge in [0.15, 0.2) is 0 Å². The van der Waals surface area contributed by atoms with Gasteiger partial charge in [-0.15, -0.1) is 0 Å². The number of benzene rings is 1. The molecular formula is C15H18BrClFN3. The van der Waals surface area contributed by atoms with Crippen LogP contribution in [0.15, 0.2) is 28.9 Å². The lowest BCUT2D eigenvalue weighted by Crippen LogP contribution is -2.25. The van der Waals surface area contributed by atoms with Gasteiger partial charge in [-0.3, -0.25) is 4.68 Å². The Morgan fingerprint density at radius 1 is 1.43 bits per heavy atom. The third kappa shape index (κ3) is 3.65. The Labute approximate surface area is 137 Å². The van der Waals surface area contributed by atoms with Gasteiger partial charge in [-0.25, -0.2) is 4.39 Å². The molecule has 0 saturated heterocycles. The maximum absolute atomic E-state index is 13.3. The molecular weight excluding hydrogens is 357 g/mol. The van der Waals surface area contributed by atoms with Gasteiger partial charge in [-0.2, -0.15) is 5.10 Å². The molecule has 1 heterocycles. The topological polar surface area (TPSA) is 29.9 Å². The van der Waals surface area contributed by atoms with Crippen molar-refractivity contribution in [1.82, 2.24) is 15.1 Å². The Morgan fingerprint density at radius 3 is 2.81 bits per heavy atom. The molecule has 0 fully saturated rings. The lowest BCUT2D eigenvalue weighted by Gasteiger charge is -2.21. The number of rotatable bonds is 6. The van der Waals surface area contributed by atoms with Crippen molar-refractivity contribution >= 4 is 27.5 Å². The zero-order valence-electron chi connectivity index (χ0n) is 12.0. The summed E-state index contributed by atoms with van der Waals surface area (Å²) in [5.41, 5.74) is 1.85. The second kappa shape index (κ2) is 7.38. The molecule has 21 heavy (non-hydrogen) atoms. The molecule has 1 unspecified atom stereocenters. The molecule has 0 spiro atoms. The van der Waals surface area contributed by atoms with E-state index in [-0.39, 0.29) is 11.9 Å². The first-order chi connectivity index (χ1) is 10.1. The molecule has 0 aliphatic carbocycles. The minimum atomic E-state index is -0.333. The molecule has 0 aliphatic rings. The fraction of sp³-hybridized carbons (Fsp3) is 0.400. The van der Waals surface area contributed by atoms with E-state index in [2.05, 4.69) is 33.3 Å². The summed E-state index contributed by atoms with van der Waals surface area (Å²) >= 11 is 9.79. The van der Waals surface area contributed by atoms with E-state index in [9.17, 15) is 4.39 Å². The first kappa shape index (κ1) is 16.5. The molecule has 0 aliphatic heterocycles. The van der Waals surface area contributed by atoms with Crippen LogP contribution < -0.4 is 5.32 Å². The van der Waals surface area contributed by atoms with Gasteiger partial charge in [0, 0.05) is 11.6 Å². The number of halogens is 3. The summed E-state index contributed by atoms with van der Waals surface area (Å²) < 4.78 is 16.2. The molecule has 3 nitrogen and oxygen atoms in total. The van der Waals surface area contributed by atoms with Crippen LogP contribution in [0.3, 0.4) is 0 Å². The summed E-state index contributed by atoms with van der Waals surface area (Å²) in [6.45, 7) is 5.72. The van der Waals surface area contributed by atoms with Gasteiger partial charge in [0.1, 0.15) is 5.82 Å². The van der Waals surface area contributed by atoms with E-state index in [0.717, 1.165) is 35.2 Å². The monoisotopic (exact) mass is 373 g/mol. The quantitative estimate of drug-likeness (QED) is 0.804. The minimum absolute atomic E-state index is 0.133. The van der Waals surface area contributed by atoms with E-state index in [4.69, 9.17) is 11.6 Å².